The van der Waals surface area contributed by atoms with Crippen molar-refractivity contribution in [3.63, 3.8) is 0 Å². The summed E-state index contributed by atoms with van der Waals surface area (Å²) in [6, 6.07) is 1.90. The molecule has 1 rings (SSSR count). The summed E-state index contributed by atoms with van der Waals surface area (Å²) in [4.78, 5) is 10.7. The van der Waals surface area contributed by atoms with E-state index in [1.807, 2.05) is 27.1 Å². The number of aromatic nitrogens is 2. The number of likely N-dealkylation sites (N-methyl/N-ethyl adjacent to an activating group) is 1. The molecule has 0 spiro atoms. The van der Waals surface area contributed by atoms with E-state index in [2.05, 4.69) is 25.5 Å². The number of nitrogens with two attached hydrogens (primary N) is 1. The maximum Gasteiger partial charge on any atom is 0.131 e. The predicted octanol–water partition coefficient (Wildman–Crippen LogP) is 0.129. The quantitative estimate of drug-likeness (QED) is 0.626. The third-order valence-electron chi connectivity index (χ3n) is 2.15. The van der Waals surface area contributed by atoms with E-state index in [1.165, 1.54) is 0 Å². The van der Waals surface area contributed by atoms with E-state index in [0.29, 0.717) is 13.1 Å². The van der Waals surface area contributed by atoms with Gasteiger partial charge in [0.1, 0.15) is 17.5 Å². The maximum absolute atomic E-state index is 5.44. The smallest absolute Gasteiger partial charge is 0.131 e. The molecule has 1 aromatic rings. The summed E-state index contributed by atoms with van der Waals surface area (Å²) in [7, 11) is 4.09. The van der Waals surface area contributed by atoms with E-state index >= 15 is 0 Å². The van der Waals surface area contributed by atoms with Gasteiger partial charge in [0.2, 0.25) is 0 Å². The minimum Gasteiger partial charge on any atom is -0.369 e. The maximum atomic E-state index is 5.44. The topological polar surface area (TPSA) is 79.1 Å². The minimum absolute atomic E-state index is 0.590. The fourth-order valence-electron chi connectivity index (χ4n) is 1.36. The van der Waals surface area contributed by atoms with Crippen LogP contribution in [0.5, 0.6) is 0 Å². The standard InChI is InChI=1S/C11H22N6/c1-9-15-10(13-5-4-12)8-11(16-9)14-6-7-17(2)3/h8H,4-7,12H2,1-3H3,(H2,13,14,15,16). The zero-order valence-electron chi connectivity index (χ0n) is 10.8. The SMILES string of the molecule is Cc1nc(NCCN)cc(NCCN(C)C)n1. The molecule has 4 N–H and O–H groups in total. The van der Waals surface area contributed by atoms with Gasteiger partial charge in [-0.3, -0.25) is 0 Å². The van der Waals surface area contributed by atoms with Crippen molar-refractivity contribution in [2.75, 3.05) is 50.9 Å². The van der Waals surface area contributed by atoms with Crippen LogP contribution in [0.15, 0.2) is 6.07 Å². The molecule has 6 nitrogen and oxygen atoms in total. The van der Waals surface area contributed by atoms with Gasteiger partial charge in [-0.05, 0) is 21.0 Å². The molecule has 6 heteroatoms. The fraction of sp³-hybridized carbons (Fsp3) is 0.636. The van der Waals surface area contributed by atoms with Gasteiger partial charge < -0.3 is 21.3 Å². The average Bonchev–Trinajstić information content (AvgIpc) is 2.25. The van der Waals surface area contributed by atoms with Gasteiger partial charge in [-0.2, -0.15) is 0 Å². The Morgan fingerprint density at radius 3 is 2.29 bits per heavy atom. The number of hydrogen-bond donors (Lipinski definition) is 3. The highest BCUT2D eigenvalue weighted by Gasteiger charge is 2.01. The molecule has 0 radical (unpaired) electrons. The molecule has 0 aliphatic heterocycles. The van der Waals surface area contributed by atoms with Gasteiger partial charge in [0, 0.05) is 32.2 Å². The monoisotopic (exact) mass is 238 g/mol. The lowest BCUT2D eigenvalue weighted by Gasteiger charge is -2.12. The summed E-state index contributed by atoms with van der Waals surface area (Å²) < 4.78 is 0. The highest BCUT2D eigenvalue weighted by Crippen LogP contribution is 2.10. The van der Waals surface area contributed by atoms with Crippen LogP contribution in [0, 0.1) is 6.92 Å². The summed E-state index contributed by atoms with van der Waals surface area (Å²) >= 11 is 0. The Morgan fingerprint density at radius 1 is 1.18 bits per heavy atom. The van der Waals surface area contributed by atoms with Gasteiger partial charge in [-0.1, -0.05) is 0 Å². The summed E-state index contributed by atoms with van der Waals surface area (Å²) in [5.41, 5.74) is 5.44. The molecule has 0 fully saturated rings. The van der Waals surface area contributed by atoms with Crippen molar-refractivity contribution < 1.29 is 0 Å². The molecular weight excluding hydrogens is 216 g/mol. The van der Waals surface area contributed by atoms with Gasteiger partial charge in [0.25, 0.3) is 0 Å². The second-order valence-corrected chi connectivity index (χ2v) is 4.13. The van der Waals surface area contributed by atoms with Crippen LogP contribution >= 0.6 is 0 Å². The largest absolute Gasteiger partial charge is 0.369 e. The van der Waals surface area contributed by atoms with Crippen molar-refractivity contribution in [1.82, 2.24) is 14.9 Å². The molecule has 0 bridgehead atoms. The van der Waals surface area contributed by atoms with Gasteiger partial charge in [-0.15, -0.1) is 0 Å². The number of aryl methyl sites for hydroxylation is 1. The van der Waals surface area contributed by atoms with Crippen LogP contribution in [0.4, 0.5) is 11.6 Å². The van der Waals surface area contributed by atoms with Crippen molar-refractivity contribution >= 4 is 11.6 Å². The van der Waals surface area contributed by atoms with Crippen molar-refractivity contribution in [3.8, 4) is 0 Å². The second kappa shape index (κ2) is 7.03. The van der Waals surface area contributed by atoms with E-state index in [4.69, 9.17) is 5.73 Å². The van der Waals surface area contributed by atoms with Crippen molar-refractivity contribution in [1.29, 1.82) is 0 Å². The number of anilines is 2. The predicted molar refractivity (Wildman–Crippen MR) is 71.4 cm³/mol. The minimum atomic E-state index is 0.590. The van der Waals surface area contributed by atoms with Crippen LogP contribution in [0.3, 0.4) is 0 Å². The normalized spacial score (nSPS) is 10.6. The third kappa shape index (κ3) is 5.46. The molecule has 0 unspecified atom stereocenters. The van der Waals surface area contributed by atoms with Crippen molar-refractivity contribution in [2.24, 2.45) is 5.73 Å². The summed E-state index contributed by atoms with van der Waals surface area (Å²) in [5, 5.41) is 6.42. The molecule has 96 valence electrons. The average molecular weight is 238 g/mol. The van der Waals surface area contributed by atoms with Gasteiger partial charge in [0.05, 0.1) is 0 Å². The Kier molecular flexibility index (Phi) is 5.65. The molecule has 0 aromatic carbocycles. The van der Waals surface area contributed by atoms with E-state index in [0.717, 1.165) is 30.5 Å². The van der Waals surface area contributed by atoms with Crippen LogP contribution < -0.4 is 16.4 Å². The Morgan fingerprint density at radius 2 is 1.76 bits per heavy atom. The lowest BCUT2D eigenvalue weighted by molar-refractivity contribution is 0.425. The van der Waals surface area contributed by atoms with Gasteiger partial charge in [-0.25, -0.2) is 9.97 Å². The number of rotatable bonds is 7. The van der Waals surface area contributed by atoms with Crippen LogP contribution in [-0.4, -0.2) is 55.1 Å². The Hall–Kier alpha value is -1.40. The Labute approximate surface area is 103 Å². The molecule has 1 heterocycles. The van der Waals surface area contributed by atoms with Crippen LogP contribution in [-0.2, 0) is 0 Å². The van der Waals surface area contributed by atoms with Crippen LogP contribution in [0.1, 0.15) is 5.82 Å². The molecule has 0 aliphatic rings. The molecule has 0 saturated heterocycles. The van der Waals surface area contributed by atoms with Crippen molar-refractivity contribution in [2.45, 2.75) is 6.92 Å². The van der Waals surface area contributed by atoms with Gasteiger partial charge in [0.15, 0.2) is 0 Å². The van der Waals surface area contributed by atoms with E-state index in [-0.39, 0.29) is 0 Å². The Balaban J connectivity index is 2.55. The van der Waals surface area contributed by atoms with Crippen molar-refractivity contribution in [3.05, 3.63) is 11.9 Å². The molecule has 17 heavy (non-hydrogen) atoms. The summed E-state index contributed by atoms with van der Waals surface area (Å²) in [6.07, 6.45) is 0. The summed E-state index contributed by atoms with van der Waals surface area (Å²) in [6.45, 7) is 5.01. The molecule has 1 aromatic heterocycles. The third-order valence-corrected chi connectivity index (χ3v) is 2.15. The highest BCUT2D eigenvalue weighted by atomic mass is 15.1. The summed E-state index contributed by atoms with van der Waals surface area (Å²) in [5.74, 6) is 2.41. The first-order valence-electron chi connectivity index (χ1n) is 5.80. The molecule has 0 amide bonds. The first kappa shape index (κ1) is 13.7. The van der Waals surface area contributed by atoms with E-state index in [1.54, 1.807) is 0 Å². The first-order chi connectivity index (χ1) is 8.11. The first-order valence-corrected chi connectivity index (χ1v) is 5.80. The zero-order valence-corrected chi connectivity index (χ0v) is 10.8. The van der Waals surface area contributed by atoms with Crippen LogP contribution in [0.2, 0.25) is 0 Å². The molecule has 0 atom stereocenters. The highest BCUT2D eigenvalue weighted by molar-refractivity contribution is 5.47. The Bertz CT molecular complexity index is 339. The lowest BCUT2D eigenvalue weighted by atomic mass is 10.4. The lowest BCUT2D eigenvalue weighted by Crippen LogP contribution is -2.21. The fourth-order valence-corrected chi connectivity index (χ4v) is 1.36. The van der Waals surface area contributed by atoms with Gasteiger partial charge >= 0.3 is 0 Å². The van der Waals surface area contributed by atoms with E-state index < -0.39 is 0 Å². The number of nitrogens with one attached hydrogen (secondary N) is 2. The molecule has 0 saturated carbocycles. The number of hydrogen-bond acceptors (Lipinski definition) is 6. The molecular formula is C11H22N6. The second-order valence-electron chi connectivity index (χ2n) is 4.13. The zero-order chi connectivity index (χ0) is 12.7. The van der Waals surface area contributed by atoms with E-state index in [9.17, 15) is 0 Å². The number of nitrogens with zero attached hydrogens (tertiary/aromatic N) is 3. The molecule has 0 aliphatic carbocycles. The van der Waals surface area contributed by atoms with Crippen LogP contribution in [0.25, 0.3) is 0 Å².